The summed E-state index contributed by atoms with van der Waals surface area (Å²) in [5.41, 5.74) is 1.68. The molecule has 1 heterocycles. The van der Waals surface area contributed by atoms with E-state index in [1.54, 1.807) is 0 Å². The number of carbonyl (C=O) groups is 1. The number of hydrogen-bond donors (Lipinski definition) is 0. The van der Waals surface area contributed by atoms with E-state index in [1.807, 2.05) is 31.2 Å². The fourth-order valence-corrected chi connectivity index (χ4v) is 1.97. The lowest BCUT2D eigenvalue weighted by molar-refractivity contribution is -0.139. The van der Waals surface area contributed by atoms with Crippen molar-refractivity contribution in [2.75, 3.05) is 0 Å². The SMILES string of the molecule is C=C1C[C@@H]([C@H](C)c2ccc(Cl)cc2)OC1=O. The van der Waals surface area contributed by atoms with Crippen LogP contribution in [0.1, 0.15) is 24.8 Å². The Morgan fingerprint density at radius 3 is 2.56 bits per heavy atom. The molecule has 1 aromatic rings. The lowest BCUT2D eigenvalue weighted by Crippen LogP contribution is -2.15. The van der Waals surface area contributed by atoms with Crippen molar-refractivity contribution in [2.24, 2.45) is 0 Å². The third-order valence-electron chi connectivity index (χ3n) is 2.95. The summed E-state index contributed by atoms with van der Waals surface area (Å²) >= 11 is 5.82. The minimum absolute atomic E-state index is 0.0961. The van der Waals surface area contributed by atoms with Crippen LogP contribution >= 0.6 is 11.6 Å². The van der Waals surface area contributed by atoms with Crippen LogP contribution in [0.5, 0.6) is 0 Å². The van der Waals surface area contributed by atoms with Crippen LogP contribution in [0.2, 0.25) is 5.02 Å². The number of hydrogen-bond acceptors (Lipinski definition) is 2. The molecule has 2 nitrogen and oxygen atoms in total. The van der Waals surface area contributed by atoms with Gasteiger partial charge in [0.1, 0.15) is 6.10 Å². The van der Waals surface area contributed by atoms with Gasteiger partial charge in [-0.1, -0.05) is 37.2 Å². The van der Waals surface area contributed by atoms with Gasteiger partial charge in [-0.2, -0.15) is 0 Å². The van der Waals surface area contributed by atoms with E-state index in [1.165, 1.54) is 0 Å². The van der Waals surface area contributed by atoms with Crippen molar-refractivity contribution in [1.82, 2.24) is 0 Å². The molecule has 0 N–H and O–H groups in total. The first-order valence-corrected chi connectivity index (χ1v) is 5.60. The molecule has 0 saturated carbocycles. The van der Waals surface area contributed by atoms with Crippen molar-refractivity contribution in [1.29, 1.82) is 0 Å². The summed E-state index contributed by atoms with van der Waals surface area (Å²) in [6.07, 6.45) is 0.518. The van der Waals surface area contributed by atoms with Crippen molar-refractivity contribution in [3.8, 4) is 0 Å². The Hall–Kier alpha value is -1.28. The summed E-state index contributed by atoms with van der Waals surface area (Å²) in [7, 11) is 0. The number of halogens is 1. The van der Waals surface area contributed by atoms with Gasteiger partial charge in [-0.3, -0.25) is 0 Å². The van der Waals surface area contributed by atoms with Crippen molar-refractivity contribution < 1.29 is 9.53 Å². The lowest BCUT2D eigenvalue weighted by atomic mass is 9.93. The maximum Gasteiger partial charge on any atom is 0.333 e. The summed E-state index contributed by atoms with van der Waals surface area (Å²) in [5.74, 6) is -0.105. The van der Waals surface area contributed by atoms with Gasteiger partial charge in [0, 0.05) is 22.9 Å². The van der Waals surface area contributed by atoms with E-state index in [-0.39, 0.29) is 18.0 Å². The number of esters is 1. The first-order chi connectivity index (χ1) is 7.58. The average Bonchev–Trinajstić information content (AvgIpc) is 2.59. The molecule has 1 fully saturated rings. The molecular formula is C13H13ClO2. The van der Waals surface area contributed by atoms with Gasteiger partial charge < -0.3 is 4.74 Å². The van der Waals surface area contributed by atoms with Crippen LogP contribution in [0.25, 0.3) is 0 Å². The van der Waals surface area contributed by atoms with E-state index in [0.717, 1.165) is 5.56 Å². The van der Waals surface area contributed by atoms with Crippen LogP contribution in [0, 0.1) is 0 Å². The zero-order chi connectivity index (χ0) is 11.7. The molecule has 2 rings (SSSR count). The highest BCUT2D eigenvalue weighted by Crippen LogP contribution is 2.31. The zero-order valence-corrected chi connectivity index (χ0v) is 9.83. The van der Waals surface area contributed by atoms with Gasteiger partial charge in [-0.25, -0.2) is 4.79 Å². The number of cyclic esters (lactones) is 1. The standard InChI is InChI=1S/C13H13ClO2/c1-8-7-12(16-13(8)15)9(2)10-3-5-11(14)6-4-10/h3-6,9,12H,1,7H2,2H3/t9-,12+/m1/s1. The maximum atomic E-state index is 11.2. The molecule has 0 spiro atoms. The number of benzene rings is 1. The fourth-order valence-electron chi connectivity index (χ4n) is 1.85. The molecule has 1 aliphatic heterocycles. The minimum atomic E-state index is -0.272. The summed E-state index contributed by atoms with van der Waals surface area (Å²) in [5, 5.41) is 0.712. The van der Waals surface area contributed by atoms with Gasteiger partial charge in [0.2, 0.25) is 0 Å². The number of carbonyl (C=O) groups excluding carboxylic acids is 1. The fraction of sp³-hybridized carbons (Fsp3) is 0.308. The molecule has 1 aromatic carbocycles. The van der Waals surface area contributed by atoms with E-state index in [2.05, 4.69) is 6.58 Å². The van der Waals surface area contributed by atoms with Gasteiger partial charge in [-0.15, -0.1) is 0 Å². The summed E-state index contributed by atoms with van der Waals surface area (Å²) in [4.78, 5) is 11.2. The molecule has 0 aliphatic carbocycles. The van der Waals surface area contributed by atoms with Gasteiger partial charge in [0.25, 0.3) is 0 Å². The Labute approximate surface area is 99.9 Å². The van der Waals surface area contributed by atoms with E-state index >= 15 is 0 Å². The highest BCUT2D eigenvalue weighted by atomic mass is 35.5. The molecule has 16 heavy (non-hydrogen) atoms. The Kier molecular flexibility index (Phi) is 3.01. The lowest BCUT2D eigenvalue weighted by Gasteiger charge is -2.18. The van der Waals surface area contributed by atoms with Crippen LogP contribution in [0.3, 0.4) is 0 Å². The normalized spacial score (nSPS) is 22.0. The molecule has 2 atom stereocenters. The second kappa shape index (κ2) is 4.30. The quantitative estimate of drug-likeness (QED) is 0.582. The predicted octanol–water partition coefficient (Wildman–Crippen LogP) is 3.32. The van der Waals surface area contributed by atoms with Crippen molar-refractivity contribution >= 4 is 17.6 Å². The Morgan fingerprint density at radius 1 is 1.44 bits per heavy atom. The van der Waals surface area contributed by atoms with Crippen LogP contribution in [0.15, 0.2) is 36.4 Å². The second-order valence-corrected chi connectivity index (χ2v) is 4.53. The van der Waals surface area contributed by atoms with Gasteiger partial charge >= 0.3 is 5.97 Å². The molecule has 0 aromatic heterocycles. The Balaban J connectivity index is 2.14. The molecule has 0 unspecified atom stereocenters. The average molecular weight is 237 g/mol. The minimum Gasteiger partial charge on any atom is -0.458 e. The molecular weight excluding hydrogens is 224 g/mol. The van der Waals surface area contributed by atoms with Gasteiger partial charge in [-0.05, 0) is 17.7 Å². The molecule has 0 radical (unpaired) electrons. The van der Waals surface area contributed by atoms with E-state index in [9.17, 15) is 4.79 Å². The smallest absolute Gasteiger partial charge is 0.333 e. The summed E-state index contributed by atoms with van der Waals surface area (Å²) in [6, 6.07) is 7.61. The molecule has 0 bridgehead atoms. The van der Waals surface area contributed by atoms with E-state index < -0.39 is 0 Å². The van der Waals surface area contributed by atoms with Crippen LogP contribution < -0.4 is 0 Å². The zero-order valence-electron chi connectivity index (χ0n) is 9.07. The van der Waals surface area contributed by atoms with Crippen molar-refractivity contribution in [3.05, 3.63) is 47.0 Å². The third kappa shape index (κ3) is 2.12. The topological polar surface area (TPSA) is 26.3 Å². The Morgan fingerprint density at radius 2 is 2.06 bits per heavy atom. The first kappa shape index (κ1) is 11.2. The van der Waals surface area contributed by atoms with Crippen molar-refractivity contribution in [2.45, 2.75) is 25.4 Å². The molecule has 1 saturated heterocycles. The van der Waals surface area contributed by atoms with Crippen molar-refractivity contribution in [3.63, 3.8) is 0 Å². The third-order valence-corrected chi connectivity index (χ3v) is 3.20. The second-order valence-electron chi connectivity index (χ2n) is 4.09. The highest BCUT2D eigenvalue weighted by Gasteiger charge is 2.32. The maximum absolute atomic E-state index is 11.2. The summed E-state index contributed by atoms with van der Waals surface area (Å²) in [6.45, 7) is 5.72. The van der Waals surface area contributed by atoms with E-state index in [4.69, 9.17) is 16.3 Å². The number of rotatable bonds is 2. The monoisotopic (exact) mass is 236 g/mol. The van der Waals surface area contributed by atoms with Crippen LogP contribution in [-0.2, 0) is 9.53 Å². The molecule has 1 aliphatic rings. The highest BCUT2D eigenvalue weighted by molar-refractivity contribution is 6.30. The van der Waals surface area contributed by atoms with Crippen LogP contribution in [-0.4, -0.2) is 12.1 Å². The number of ether oxygens (including phenoxy) is 1. The molecule has 0 amide bonds. The largest absolute Gasteiger partial charge is 0.458 e. The first-order valence-electron chi connectivity index (χ1n) is 5.22. The summed E-state index contributed by atoms with van der Waals surface area (Å²) < 4.78 is 5.25. The Bertz CT molecular complexity index is 406. The van der Waals surface area contributed by atoms with Gasteiger partial charge in [0.05, 0.1) is 0 Å². The van der Waals surface area contributed by atoms with E-state index in [0.29, 0.717) is 17.0 Å². The van der Waals surface area contributed by atoms with Gasteiger partial charge in [0.15, 0.2) is 0 Å². The van der Waals surface area contributed by atoms with Crippen LogP contribution in [0.4, 0.5) is 0 Å². The molecule has 84 valence electrons. The molecule has 3 heteroatoms. The predicted molar refractivity (Wildman–Crippen MR) is 63.5 cm³/mol.